The molecule has 0 atom stereocenters. The quantitative estimate of drug-likeness (QED) is 0.643. The number of rotatable bonds is 2. The van der Waals surface area contributed by atoms with Gasteiger partial charge in [0.25, 0.3) is 0 Å². The van der Waals surface area contributed by atoms with Crippen molar-refractivity contribution in [1.29, 1.82) is 0 Å². The van der Waals surface area contributed by atoms with E-state index in [1.165, 1.54) is 12.8 Å². The molecule has 0 heterocycles. The fraction of sp³-hybridized carbons (Fsp3) is 1.00. The van der Waals surface area contributed by atoms with Crippen LogP contribution in [-0.2, 0) is 0 Å². The molecule has 0 aromatic heterocycles. The van der Waals surface area contributed by atoms with Gasteiger partial charge in [-0.1, -0.05) is 19.8 Å². The molecule has 0 aliphatic heterocycles. The molecule has 0 amide bonds. The molecule has 13 heavy (non-hydrogen) atoms. The average molecular weight is 184 g/mol. The minimum absolute atomic E-state index is 0.149. The minimum Gasteiger partial charge on any atom is -0.365 e. The summed E-state index contributed by atoms with van der Waals surface area (Å²) in [5.74, 6) is -0.214. The fourth-order valence-electron chi connectivity index (χ4n) is 2.53. The van der Waals surface area contributed by atoms with Crippen molar-refractivity contribution in [2.75, 3.05) is 0 Å². The average Bonchev–Trinajstić information content (AvgIpc) is 2.87. The van der Waals surface area contributed by atoms with E-state index in [4.69, 9.17) is 0 Å². The molecule has 2 heteroatoms. The molecule has 2 fully saturated rings. The Hall–Kier alpha value is -0.0800. The van der Waals surface area contributed by atoms with Gasteiger partial charge >= 0.3 is 0 Å². The zero-order valence-electron chi connectivity index (χ0n) is 8.37. The summed E-state index contributed by atoms with van der Waals surface area (Å²) in [5, 5.41) is 19.8. The standard InChI is InChI=1S/C11H20O2/c1-8-2-4-9(5-3-8)11(12,13)10-6-7-10/h8-10,12-13H,2-7H2,1H3. The lowest BCUT2D eigenvalue weighted by Gasteiger charge is -2.36. The lowest BCUT2D eigenvalue weighted by atomic mass is 9.77. The summed E-state index contributed by atoms with van der Waals surface area (Å²) in [6, 6.07) is 0. The Morgan fingerprint density at radius 1 is 0.846 bits per heavy atom. The maximum absolute atomic E-state index is 9.92. The van der Waals surface area contributed by atoms with Gasteiger partial charge in [-0.2, -0.15) is 0 Å². The van der Waals surface area contributed by atoms with Gasteiger partial charge in [0.05, 0.1) is 0 Å². The second-order valence-electron chi connectivity index (χ2n) is 5.01. The molecule has 0 aromatic carbocycles. The van der Waals surface area contributed by atoms with Gasteiger partial charge in [0.15, 0.2) is 5.79 Å². The van der Waals surface area contributed by atoms with E-state index in [1.807, 2.05) is 0 Å². The van der Waals surface area contributed by atoms with E-state index in [9.17, 15) is 10.2 Å². The van der Waals surface area contributed by atoms with Gasteiger partial charge in [0.1, 0.15) is 0 Å². The zero-order valence-corrected chi connectivity index (χ0v) is 8.37. The van der Waals surface area contributed by atoms with Gasteiger partial charge in [-0.15, -0.1) is 0 Å². The van der Waals surface area contributed by atoms with Crippen LogP contribution in [0.3, 0.4) is 0 Å². The highest BCUT2D eigenvalue weighted by molar-refractivity contribution is 4.92. The fourth-order valence-corrected chi connectivity index (χ4v) is 2.53. The summed E-state index contributed by atoms with van der Waals surface area (Å²) in [6.45, 7) is 2.25. The topological polar surface area (TPSA) is 40.5 Å². The highest BCUT2D eigenvalue weighted by Gasteiger charge is 2.48. The first-order valence-corrected chi connectivity index (χ1v) is 5.55. The summed E-state index contributed by atoms with van der Waals surface area (Å²) in [4.78, 5) is 0. The van der Waals surface area contributed by atoms with Crippen LogP contribution in [0.25, 0.3) is 0 Å². The van der Waals surface area contributed by atoms with Crippen molar-refractivity contribution in [3.8, 4) is 0 Å². The Morgan fingerprint density at radius 3 is 1.62 bits per heavy atom. The molecule has 2 nitrogen and oxygen atoms in total. The van der Waals surface area contributed by atoms with Crippen LogP contribution < -0.4 is 0 Å². The maximum Gasteiger partial charge on any atom is 0.168 e. The number of hydrogen-bond donors (Lipinski definition) is 2. The van der Waals surface area contributed by atoms with Crippen molar-refractivity contribution in [3.63, 3.8) is 0 Å². The molecule has 2 aliphatic carbocycles. The summed E-state index contributed by atoms with van der Waals surface area (Å²) in [6.07, 6.45) is 6.37. The predicted octanol–water partition coefficient (Wildman–Crippen LogP) is 1.90. The van der Waals surface area contributed by atoms with Crippen molar-refractivity contribution in [2.24, 2.45) is 17.8 Å². The van der Waals surface area contributed by atoms with Gasteiger partial charge in [0.2, 0.25) is 0 Å². The Morgan fingerprint density at radius 2 is 1.23 bits per heavy atom. The van der Waals surface area contributed by atoms with Crippen LogP contribution >= 0.6 is 0 Å². The van der Waals surface area contributed by atoms with Gasteiger partial charge < -0.3 is 10.2 Å². The number of aliphatic hydroxyl groups is 2. The van der Waals surface area contributed by atoms with E-state index in [1.54, 1.807) is 0 Å². The molecule has 2 saturated carbocycles. The van der Waals surface area contributed by atoms with Gasteiger partial charge in [-0.3, -0.25) is 0 Å². The van der Waals surface area contributed by atoms with Crippen LogP contribution in [0, 0.1) is 17.8 Å². The molecular formula is C11H20O2. The van der Waals surface area contributed by atoms with Gasteiger partial charge in [-0.05, 0) is 31.6 Å². The van der Waals surface area contributed by atoms with Gasteiger partial charge in [0, 0.05) is 11.8 Å². The molecule has 2 N–H and O–H groups in total. The van der Waals surface area contributed by atoms with Gasteiger partial charge in [-0.25, -0.2) is 0 Å². The highest BCUT2D eigenvalue weighted by atomic mass is 16.5. The van der Waals surface area contributed by atoms with Crippen LogP contribution in [-0.4, -0.2) is 16.0 Å². The third-order valence-electron chi connectivity index (χ3n) is 3.79. The SMILES string of the molecule is CC1CCC(C(O)(O)C2CC2)CC1. The van der Waals surface area contributed by atoms with Crippen molar-refractivity contribution in [3.05, 3.63) is 0 Å². The van der Waals surface area contributed by atoms with Crippen molar-refractivity contribution >= 4 is 0 Å². The minimum atomic E-state index is -1.33. The van der Waals surface area contributed by atoms with E-state index in [2.05, 4.69) is 6.92 Å². The van der Waals surface area contributed by atoms with Crippen molar-refractivity contribution in [2.45, 2.75) is 51.2 Å². The normalized spacial score (nSPS) is 36.2. The second-order valence-corrected chi connectivity index (χ2v) is 5.01. The van der Waals surface area contributed by atoms with Crippen LogP contribution in [0.1, 0.15) is 45.4 Å². The smallest absolute Gasteiger partial charge is 0.168 e. The van der Waals surface area contributed by atoms with E-state index in [0.717, 1.165) is 31.6 Å². The first-order valence-electron chi connectivity index (χ1n) is 5.55. The van der Waals surface area contributed by atoms with Crippen LogP contribution in [0.15, 0.2) is 0 Å². The van der Waals surface area contributed by atoms with Crippen molar-refractivity contribution in [1.82, 2.24) is 0 Å². The molecule has 0 saturated heterocycles. The third-order valence-corrected chi connectivity index (χ3v) is 3.79. The second kappa shape index (κ2) is 3.25. The first kappa shape index (κ1) is 9.47. The molecule has 0 aromatic rings. The Kier molecular flexibility index (Phi) is 2.37. The lowest BCUT2D eigenvalue weighted by Crippen LogP contribution is -2.41. The highest BCUT2D eigenvalue weighted by Crippen LogP contribution is 2.46. The summed E-state index contributed by atoms with van der Waals surface area (Å²) in [7, 11) is 0. The first-order chi connectivity index (χ1) is 6.10. The summed E-state index contributed by atoms with van der Waals surface area (Å²) >= 11 is 0. The maximum atomic E-state index is 9.92. The molecule has 2 rings (SSSR count). The molecular weight excluding hydrogens is 164 g/mol. The lowest BCUT2D eigenvalue weighted by molar-refractivity contribution is -0.222. The van der Waals surface area contributed by atoms with E-state index in [0.29, 0.717) is 0 Å². The van der Waals surface area contributed by atoms with E-state index < -0.39 is 5.79 Å². The van der Waals surface area contributed by atoms with Crippen LogP contribution in [0.4, 0.5) is 0 Å². The van der Waals surface area contributed by atoms with Crippen LogP contribution in [0.2, 0.25) is 0 Å². The van der Waals surface area contributed by atoms with Crippen molar-refractivity contribution < 1.29 is 10.2 Å². The Bertz CT molecular complexity index is 177. The molecule has 0 spiro atoms. The molecule has 76 valence electrons. The largest absolute Gasteiger partial charge is 0.365 e. The monoisotopic (exact) mass is 184 g/mol. The molecule has 0 radical (unpaired) electrons. The van der Waals surface area contributed by atoms with Crippen LogP contribution in [0.5, 0.6) is 0 Å². The Labute approximate surface area is 80.0 Å². The summed E-state index contributed by atoms with van der Waals surface area (Å²) in [5.41, 5.74) is 0. The van der Waals surface area contributed by atoms with E-state index in [-0.39, 0.29) is 11.8 Å². The zero-order chi connectivity index (χ0) is 9.47. The molecule has 0 unspecified atom stereocenters. The summed E-state index contributed by atoms with van der Waals surface area (Å²) < 4.78 is 0. The number of hydrogen-bond acceptors (Lipinski definition) is 2. The molecule has 2 aliphatic rings. The third kappa shape index (κ3) is 1.89. The Balaban J connectivity index is 1.92. The van der Waals surface area contributed by atoms with E-state index >= 15 is 0 Å². The molecule has 0 bridgehead atoms. The predicted molar refractivity (Wildman–Crippen MR) is 51.0 cm³/mol.